The number of terminal acetylenes is 1. The molecule has 2 fully saturated rings. The van der Waals surface area contributed by atoms with Gasteiger partial charge in [0, 0.05) is 12.5 Å². The second-order valence-corrected chi connectivity index (χ2v) is 7.86. The number of hydrogen-bond donors (Lipinski definition) is 1. The van der Waals surface area contributed by atoms with E-state index < -0.39 is 17.7 Å². The quantitative estimate of drug-likeness (QED) is 0.791. The fourth-order valence-electron chi connectivity index (χ4n) is 3.40. The summed E-state index contributed by atoms with van der Waals surface area (Å²) >= 11 is 0. The first kappa shape index (κ1) is 19.6. The van der Waals surface area contributed by atoms with Crippen molar-refractivity contribution in [2.75, 3.05) is 13.2 Å². The van der Waals surface area contributed by atoms with Crippen LogP contribution in [0.15, 0.2) is 0 Å². The second-order valence-electron chi connectivity index (χ2n) is 7.86. The van der Waals surface area contributed by atoms with E-state index in [1.807, 2.05) is 20.8 Å². The van der Waals surface area contributed by atoms with Gasteiger partial charge >= 0.3 is 6.09 Å². The Balaban J connectivity index is 2.02. The molecule has 1 saturated carbocycles. The zero-order valence-electron chi connectivity index (χ0n) is 15.5. The zero-order chi connectivity index (χ0) is 18.4. The monoisotopic (exact) mass is 350 g/mol. The number of nitrogens with one attached hydrogen (secondary N) is 1. The minimum atomic E-state index is -0.612. The highest BCUT2D eigenvalue weighted by molar-refractivity contribution is 5.86. The first-order valence-electron chi connectivity index (χ1n) is 9.15. The summed E-state index contributed by atoms with van der Waals surface area (Å²) < 4.78 is 11.0. The van der Waals surface area contributed by atoms with Crippen LogP contribution in [0.2, 0.25) is 0 Å². The van der Waals surface area contributed by atoms with Gasteiger partial charge in [0.05, 0.1) is 12.6 Å². The Labute approximate surface area is 150 Å². The van der Waals surface area contributed by atoms with Crippen LogP contribution < -0.4 is 5.32 Å². The van der Waals surface area contributed by atoms with Gasteiger partial charge < -0.3 is 14.8 Å². The Bertz CT molecular complexity index is 514. The van der Waals surface area contributed by atoms with E-state index in [1.165, 1.54) is 11.3 Å². The number of ether oxygens (including phenoxy) is 2. The van der Waals surface area contributed by atoms with Gasteiger partial charge in [-0.05, 0) is 33.6 Å². The van der Waals surface area contributed by atoms with Crippen LogP contribution in [0.25, 0.3) is 0 Å². The molecule has 2 rings (SSSR count). The molecule has 1 N–H and O–H groups in total. The van der Waals surface area contributed by atoms with Crippen molar-refractivity contribution >= 4 is 12.0 Å². The van der Waals surface area contributed by atoms with E-state index in [1.54, 1.807) is 0 Å². The standard InChI is InChI=1S/C19H30N2O4/c1-5-11-24-15-12-16(17(22)20-14-9-7-6-8-10-14)21(13-15)18(23)25-19(2,3)4/h1,14-16H,6-13H2,2-4H3,(H,20,22)/t15-,16+/m1/s1. The molecule has 140 valence electrons. The summed E-state index contributed by atoms with van der Waals surface area (Å²) in [6.07, 6.45) is 10.5. The number of hydrogen-bond acceptors (Lipinski definition) is 4. The van der Waals surface area contributed by atoms with E-state index >= 15 is 0 Å². The van der Waals surface area contributed by atoms with Gasteiger partial charge in [-0.25, -0.2) is 4.79 Å². The average molecular weight is 350 g/mol. The first-order valence-corrected chi connectivity index (χ1v) is 9.15. The van der Waals surface area contributed by atoms with Crippen molar-refractivity contribution < 1.29 is 19.1 Å². The van der Waals surface area contributed by atoms with Crippen molar-refractivity contribution in [1.82, 2.24) is 10.2 Å². The highest BCUT2D eigenvalue weighted by Gasteiger charge is 2.42. The van der Waals surface area contributed by atoms with Crippen molar-refractivity contribution in [1.29, 1.82) is 0 Å². The minimum Gasteiger partial charge on any atom is -0.444 e. The summed E-state index contributed by atoms with van der Waals surface area (Å²) in [7, 11) is 0. The zero-order valence-corrected chi connectivity index (χ0v) is 15.5. The van der Waals surface area contributed by atoms with Gasteiger partial charge in [-0.15, -0.1) is 6.42 Å². The van der Waals surface area contributed by atoms with Crippen LogP contribution in [0.1, 0.15) is 59.3 Å². The molecule has 2 atom stereocenters. The summed E-state index contributed by atoms with van der Waals surface area (Å²) in [5.74, 6) is 2.31. The third-order valence-electron chi connectivity index (χ3n) is 4.55. The lowest BCUT2D eigenvalue weighted by Crippen LogP contribution is -2.50. The van der Waals surface area contributed by atoms with Crippen molar-refractivity contribution in [2.24, 2.45) is 0 Å². The van der Waals surface area contributed by atoms with Crippen LogP contribution in [0, 0.1) is 12.3 Å². The highest BCUT2D eigenvalue weighted by Crippen LogP contribution is 2.25. The van der Waals surface area contributed by atoms with Crippen LogP contribution in [-0.4, -0.2) is 53.8 Å². The predicted octanol–water partition coefficient (Wildman–Crippen LogP) is 2.46. The lowest BCUT2D eigenvalue weighted by Gasteiger charge is -2.29. The van der Waals surface area contributed by atoms with Crippen molar-refractivity contribution in [3.05, 3.63) is 0 Å². The van der Waals surface area contributed by atoms with Crippen LogP contribution in [0.3, 0.4) is 0 Å². The fraction of sp³-hybridized carbons (Fsp3) is 0.789. The molecule has 1 aliphatic carbocycles. The maximum atomic E-state index is 12.8. The van der Waals surface area contributed by atoms with Crippen molar-refractivity contribution in [3.8, 4) is 12.3 Å². The highest BCUT2D eigenvalue weighted by atomic mass is 16.6. The minimum absolute atomic E-state index is 0.121. The predicted molar refractivity (Wildman–Crippen MR) is 94.9 cm³/mol. The molecular formula is C19H30N2O4. The molecule has 0 aromatic rings. The number of rotatable bonds is 4. The molecule has 2 amide bonds. The molecule has 0 unspecified atom stereocenters. The molecule has 1 aliphatic heterocycles. The van der Waals surface area contributed by atoms with Gasteiger partial charge in [0.25, 0.3) is 0 Å². The Hall–Kier alpha value is -1.74. The van der Waals surface area contributed by atoms with E-state index in [0.717, 1.165) is 25.7 Å². The smallest absolute Gasteiger partial charge is 0.411 e. The van der Waals surface area contributed by atoms with Gasteiger partial charge in [0.2, 0.25) is 5.91 Å². The topological polar surface area (TPSA) is 67.9 Å². The van der Waals surface area contributed by atoms with E-state index in [-0.39, 0.29) is 24.7 Å². The third kappa shape index (κ3) is 5.93. The molecule has 6 nitrogen and oxygen atoms in total. The molecule has 0 bridgehead atoms. The van der Waals surface area contributed by atoms with Crippen LogP contribution >= 0.6 is 0 Å². The van der Waals surface area contributed by atoms with E-state index in [2.05, 4.69) is 11.2 Å². The maximum Gasteiger partial charge on any atom is 0.411 e. The van der Waals surface area contributed by atoms with Gasteiger partial charge in [0.1, 0.15) is 18.2 Å². The summed E-state index contributed by atoms with van der Waals surface area (Å²) in [5.41, 5.74) is -0.612. The Morgan fingerprint density at radius 3 is 2.52 bits per heavy atom. The molecule has 0 radical (unpaired) electrons. The molecule has 0 aromatic heterocycles. The lowest BCUT2D eigenvalue weighted by atomic mass is 9.95. The fourth-order valence-corrected chi connectivity index (χ4v) is 3.40. The largest absolute Gasteiger partial charge is 0.444 e. The molecule has 1 saturated heterocycles. The van der Waals surface area contributed by atoms with E-state index in [0.29, 0.717) is 13.0 Å². The van der Waals surface area contributed by atoms with Gasteiger partial charge in [0.15, 0.2) is 0 Å². The number of nitrogens with zero attached hydrogens (tertiary/aromatic N) is 1. The molecule has 0 aromatic carbocycles. The van der Waals surface area contributed by atoms with Crippen molar-refractivity contribution in [3.63, 3.8) is 0 Å². The number of carbonyl (C=O) groups excluding carboxylic acids is 2. The van der Waals surface area contributed by atoms with Gasteiger partial charge in [-0.1, -0.05) is 25.2 Å². The molecule has 1 heterocycles. The number of likely N-dealkylation sites (tertiary alicyclic amines) is 1. The summed E-state index contributed by atoms with van der Waals surface area (Å²) in [5, 5.41) is 3.10. The third-order valence-corrected chi connectivity index (χ3v) is 4.55. The molecule has 25 heavy (non-hydrogen) atoms. The van der Waals surface area contributed by atoms with Crippen LogP contribution in [0.5, 0.6) is 0 Å². The summed E-state index contributed by atoms with van der Waals surface area (Å²) in [4.78, 5) is 26.7. The SMILES string of the molecule is C#CCO[C@@H]1C[C@@H](C(=O)NC2CCCCC2)N(C(=O)OC(C)(C)C)C1. The van der Waals surface area contributed by atoms with Crippen LogP contribution in [-0.2, 0) is 14.3 Å². The summed E-state index contributed by atoms with van der Waals surface area (Å²) in [6.45, 7) is 5.92. The number of amides is 2. The summed E-state index contributed by atoms with van der Waals surface area (Å²) in [6, 6.07) is -0.369. The van der Waals surface area contributed by atoms with Crippen molar-refractivity contribution in [2.45, 2.75) is 83.1 Å². The normalized spacial score (nSPS) is 24.6. The second kappa shape index (κ2) is 8.57. The average Bonchev–Trinajstić information content (AvgIpc) is 2.97. The first-order chi connectivity index (χ1) is 11.8. The molecule has 6 heteroatoms. The Morgan fingerprint density at radius 1 is 1.24 bits per heavy atom. The van der Waals surface area contributed by atoms with Crippen LogP contribution in [0.4, 0.5) is 4.79 Å². The molecule has 2 aliphatic rings. The lowest BCUT2D eigenvalue weighted by molar-refractivity contribution is -0.126. The van der Waals surface area contributed by atoms with Gasteiger partial charge in [-0.3, -0.25) is 9.69 Å². The Kier molecular flexibility index (Phi) is 6.71. The van der Waals surface area contributed by atoms with E-state index in [9.17, 15) is 9.59 Å². The van der Waals surface area contributed by atoms with E-state index in [4.69, 9.17) is 15.9 Å². The van der Waals surface area contributed by atoms with Gasteiger partial charge in [-0.2, -0.15) is 0 Å². The molecular weight excluding hydrogens is 320 g/mol. The maximum absolute atomic E-state index is 12.8. The number of carbonyl (C=O) groups is 2. The molecule has 0 spiro atoms. The Morgan fingerprint density at radius 2 is 1.92 bits per heavy atom.